The minimum absolute atomic E-state index is 0.0108. The van der Waals surface area contributed by atoms with Gasteiger partial charge in [0.05, 0.1) is 103 Å². The number of carboxylic acid groups (broad SMARTS) is 1. The van der Waals surface area contributed by atoms with Crippen molar-refractivity contribution in [1.29, 1.82) is 0 Å². The van der Waals surface area contributed by atoms with Crippen molar-refractivity contribution in [2.45, 2.75) is 6.42 Å². The van der Waals surface area contributed by atoms with Crippen molar-refractivity contribution < 1.29 is 47.9 Å². The SMILES string of the molecule is O=C(O)CCOCCOCCOCCOCCOCCOCCN1C(=O)c2ccccc2C1=O. The number of nitrogens with zero attached hydrogens (tertiary/aromatic N) is 1. The van der Waals surface area contributed by atoms with Crippen LogP contribution in [0.15, 0.2) is 24.3 Å². The highest BCUT2D eigenvalue weighted by Crippen LogP contribution is 2.21. The third-order valence-electron chi connectivity index (χ3n) is 4.66. The van der Waals surface area contributed by atoms with Crippen LogP contribution in [0.1, 0.15) is 27.1 Å². The van der Waals surface area contributed by atoms with Gasteiger partial charge in [-0.1, -0.05) is 12.1 Å². The van der Waals surface area contributed by atoms with Gasteiger partial charge in [-0.05, 0) is 12.1 Å². The monoisotopic (exact) mass is 483 g/mol. The molecule has 0 fully saturated rings. The lowest BCUT2D eigenvalue weighted by Crippen LogP contribution is -2.33. The number of rotatable bonds is 21. The van der Waals surface area contributed by atoms with Crippen LogP contribution in [0.3, 0.4) is 0 Å². The second-order valence-electron chi connectivity index (χ2n) is 7.13. The molecule has 190 valence electrons. The number of carboxylic acids is 1. The molecular formula is C23H33NO10. The second kappa shape index (κ2) is 17.1. The molecule has 11 nitrogen and oxygen atoms in total. The maximum atomic E-state index is 12.2. The molecule has 0 spiro atoms. The zero-order chi connectivity index (χ0) is 24.4. The first kappa shape index (κ1) is 27.8. The fourth-order valence-electron chi connectivity index (χ4n) is 2.96. The molecule has 1 aliphatic rings. The van der Waals surface area contributed by atoms with Gasteiger partial charge in [0.25, 0.3) is 11.8 Å². The number of hydrogen-bond acceptors (Lipinski definition) is 9. The number of amides is 2. The molecule has 0 atom stereocenters. The summed E-state index contributed by atoms with van der Waals surface area (Å²) in [6.07, 6.45) is -0.0108. The summed E-state index contributed by atoms with van der Waals surface area (Å²) in [5, 5.41) is 8.46. The van der Waals surface area contributed by atoms with Crippen molar-refractivity contribution >= 4 is 17.8 Å². The normalized spacial score (nSPS) is 13.0. The summed E-state index contributed by atoms with van der Waals surface area (Å²) in [6.45, 7) is 4.75. The van der Waals surface area contributed by atoms with Gasteiger partial charge >= 0.3 is 5.97 Å². The van der Waals surface area contributed by atoms with Crippen LogP contribution in [0.4, 0.5) is 0 Å². The summed E-state index contributed by atoms with van der Waals surface area (Å²) in [5.74, 6) is -1.45. The average molecular weight is 484 g/mol. The zero-order valence-corrected chi connectivity index (χ0v) is 19.3. The highest BCUT2D eigenvalue weighted by Gasteiger charge is 2.34. The smallest absolute Gasteiger partial charge is 0.305 e. The third-order valence-corrected chi connectivity index (χ3v) is 4.66. The van der Waals surface area contributed by atoms with Crippen molar-refractivity contribution in [3.05, 3.63) is 35.4 Å². The first-order chi connectivity index (χ1) is 16.6. The van der Waals surface area contributed by atoms with Crippen LogP contribution in [-0.2, 0) is 33.2 Å². The van der Waals surface area contributed by atoms with Gasteiger partial charge in [0.2, 0.25) is 0 Å². The fourth-order valence-corrected chi connectivity index (χ4v) is 2.96. The van der Waals surface area contributed by atoms with E-state index in [1.54, 1.807) is 24.3 Å². The molecule has 2 amide bonds. The molecule has 1 aliphatic heterocycles. The summed E-state index contributed by atoms with van der Waals surface area (Å²) in [4.78, 5) is 35.9. The number of fused-ring (bicyclic) bond motifs is 1. The van der Waals surface area contributed by atoms with Gasteiger partial charge in [0.1, 0.15) is 0 Å². The Morgan fingerprint density at radius 1 is 0.618 bits per heavy atom. The standard InChI is InChI=1S/C23H33NO10/c25-21(26)5-7-29-9-11-31-13-15-33-17-18-34-16-14-32-12-10-30-8-6-24-22(27)19-3-1-2-4-20(19)23(24)28/h1-4H,5-18H2,(H,25,26). The predicted molar refractivity (Wildman–Crippen MR) is 119 cm³/mol. The van der Waals surface area contributed by atoms with Crippen molar-refractivity contribution in [2.75, 3.05) is 85.8 Å². The van der Waals surface area contributed by atoms with E-state index in [1.165, 1.54) is 4.90 Å². The fraction of sp³-hybridized carbons (Fsp3) is 0.609. The zero-order valence-electron chi connectivity index (χ0n) is 19.3. The quantitative estimate of drug-likeness (QED) is 0.198. The summed E-state index contributed by atoms with van der Waals surface area (Å²) in [5.41, 5.74) is 0.873. The van der Waals surface area contributed by atoms with Crippen molar-refractivity contribution in [2.24, 2.45) is 0 Å². The van der Waals surface area contributed by atoms with E-state index < -0.39 is 5.97 Å². The molecule has 11 heteroatoms. The van der Waals surface area contributed by atoms with Gasteiger partial charge in [0, 0.05) is 0 Å². The average Bonchev–Trinajstić information content (AvgIpc) is 3.07. The van der Waals surface area contributed by atoms with E-state index in [2.05, 4.69) is 0 Å². The molecule has 0 saturated heterocycles. The number of ether oxygens (including phenoxy) is 6. The van der Waals surface area contributed by atoms with Crippen LogP contribution >= 0.6 is 0 Å². The maximum Gasteiger partial charge on any atom is 0.305 e. The van der Waals surface area contributed by atoms with Gasteiger partial charge in [0.15, 0.2) is 0 Å². The second-order valence-corrected chi connectivity index (χ2v) is 7.13. The van der Waals surface area contributed by atoms with Crippen LogP contribution < -0.4 is 0 Å². The Bertz CT molecular complexity index is 722. The molecule has 0 aliphatic carbocycles. The third kappa shape index (κ3) is 10.7. The van der Waals surface area contributed by atoms with Gasteiger partial charge in [-0.3, -0.25) is 19.3 Å². The Hall–Kier alpha value is -2.41. The molecular weight excluding hydrogens is 450 g/mol. The molecule has 34 heavy (non-hydrogen) atoms. The Morgan fingerprint density at radius 3 is 1.35 bits per heavy atom. The Morgan fingerprint density at radius 2 is 0.971 bits per heavy atom. The Balaban J connectivity index is 1.29. The van der Waals surface area contributed by atoms with Crippen LogP contribution in [-0.4, -0.2) is 114 Å². The highest BCUT2D eigenvalue weighted by molar-refractivity contribution is 6.21. The molecule has 0 radical (unpaired) electrons. The van der Waals surface area contributed by atoms with Crippen LogP contribution in [0, 0.1) is 0 Å². The first-order valence-corrected chi connectivity index (χ1v) is 11.2. The topological polar surface area (TPSA) is 130 Å². The van der Waals surface area contributed by atoms with Crippen LogP contribution in [0.2, 0.25) is 0 Å². The number of imide groups is 1. The molecule has 0 aromatic heterocycles. The van der Waals surface area contributed by atoms with E-state index in [0.717, 1.165) is 0 Å². The molecule has 0 bridgehead atoms. The molecule has 0 saturated carbocycles. The minimum atomic E-state index is -0.883. The lowest BCUT2D eigenvalue weighted by molar-refractivity contribution is -0.138. The lowest BCUT2D eigenvalue weighted by Gasteiger charge is -2.13. The van der Waals surface area contributed by atoms with E-state index in [1.807, 2.05) is 0 Å². The largest absolute Gasteiger partial charge is 0.481 e. The maximum absolute atomic E-state index is 12.2. The van der Waals surface area contributed by atoms with Crippen molar-refractivity contribution in [3.63, 3.8) is 0 Å². The van der Waals surface area contributed by atoms with Crippen LogP contribution in [0.5, 0.6) is 0 Å². The van der Waals surface area contributed by atoms with Gasteiger partial charge < -0.3 is 33.5 Å². The summed E-state index contributed by atoms with van der Waals surface area (Å²) in [7, 11) is 0. The lowest BCUT2D eigenvalue weighted by atomic mass is 10.1. The first-order valence-electron chi connectivity index (χ1n) is 11.2. The molecule has 1 aromatic rings. The van der Waals surface area contributed by atoms with E-state index in [0.29, 0.717) is 77.2 Å². The number of carbonyl (C=O) groups is 3. The van der Waals surface area contributed by atoms with Crippen LogP contribution in [0.25, 0.3) is 0 Å². The number of hydrogen-bond donors (Lipinski definition) is 1. The van der Waals surface area contributed by atoms with Gasteiger partial charge in [-0.25, -0.2) is 0 Å². The number of carbonyl (C=O) groups excluding carboxylic acids is 2. The summed E-state index contributed by atoms with van der Waals surface area (Å²) in [6, 6.07) is 6.78. The van der Waals surface area contributed by atoms with E-state index in [-0.39, 0.29) is 38.0 Å². The van der Waals surface area contributed by atoms with E-state index in [4.69, 9.17) is 33.5 Å². The Labute approximate surface area is 198 Å². The van der Waals surface area contributed by atoms with E-state index in [9.17, 15) is 14.4 Å². The minimum Gasteiger partial charge on any atom is -0.481 e. The van der Waals surface area contributed by atoms with Gasteiger partial charge in [-0.2, -0.15) is 0 Å². The number of aliphatic carboxylic acids is 1. The molecule has 2 rings (SSSR count). The molecule has 0 unspecified atom stereocenters. The summed E-state index contributed by atoms with van der Waals surface area (Å²) < 4.78 is 32.0. The van der Waals surface area contributed by atoms with Crippen molar-refractivity contribution in [1.82, 2.24) is 4.90 Å². The molecule has 1 heterocycles. The van der Waals surface area contributed by atoms with E-state index >= 15 is 0 Å². The molecule has 1 N–H and O–H groups in total. The predicted octanol–water partition coefficient (Wildman–Crippen LogP) is 0.857. The Kier molecular flexibility index (Phi) is 14.0. The van der Waals surface area contributed by atoms with Crippen molar-refractivity contribution in [3.8, 4) is 0 Å². The highest BCUT2D eigenvalue weighted by atomic mass is 16.6. The number of benzene rings is 1. The van der Waals surface area contributed by atoms with Gasteiger partial charge in [-0.15, -0.1) is 0 Å². The molecule has 1 aromatic carbocycles. The summed E-state index contributed by atoms with van der Waals surface area (Å²) >= 11 is 0.